The van der Waals surface area contributed by atoms with Gasteiger partial charge >= 0.3 is 0 Å². The van der Waals surface area contributed by atoms with Crippen molar-refractivity contribution >= 4 is 5.91 Å². The smallest absolute Gasteiger partial charge is 0.236 e. The molecule has 4 nitrogen and oxygen atoms in total. The predicted molar refractivity (Wildman–Crippen MR) is 57.0 cm³/mol. The highest BCUT2D eigenvalue weighted by atomic mass is 16.1. The third kappa shape index (κ3) is 3.27. The fourth-order valence-corrected chi connectivity index (χ4v) is 1.73. The largest absolute Gasteiger partial charge is 0.368 e. The zero-order valence-corrected chi connectivity index (χ0v) is 9.20. The molecule has 2 N–H and O–H groups in total. The SMILES string of the molecule is CCN(CC)CCCN1CC1C(N)=O. The molecule has 0 radical (unpaired) electrons. The van der Waals surface area contributed by atoms with Gasteiger partial charge in [0, 0.05) is 13.1 Å². The van der Waals surface area contributed by atoms with Crippen LogP contribution in [0.2, 0.25) is 0 Å². The summed E-state index contributed by atoms with van der Waals surface area (Å²) in [5.41, 5.74) is 5.18. The van der Waals surface area contributed by atoms with Crippen LogP contribution in [-0.2, 0) is 4.79 Å². The van der Waals surface area contributed by atoms with Crippen molar-refractivity contribution in [2.24, 2.45) is 5.73 Å². The molecule has 1 fully saturated rings. The summed E-state index contributed by atoms with van der Waals surface area (Å²) in [4.78, 5) is 15.3. The molecule has 1 heterocycles. The quantitative estimate of drug-likeness (QED) is 0.582. The number of rotatable bonds is 7. The molecule has 82 valence electrons. The van der Waals surface area contributed by atoms with Gasteiger partial charge in [-0.05, 0) is 26.1 Å². The van der Waals surface area contributed by atoms with Gasteiger partial charge in [0.15, 0.2) is 0 Å². The maximum Gasteiger partial charge on any atom is 0.236 e. The molecule has 1 saturated heterocycles. The number of carbonyl (C=O) groups excluding carboxylic acids is 1. The molecule has 4 heteroatoms. The molecule has 0 aliphatic carbocycles. The Morgan fingerprint density at radius 1 is 1.50 bits per heavy atom. The number of nitrogens with zero attached hydrogens (tertiary/aromatic N) is 2. The van der Waals surface area contributed by atoms with E-state index in [9.17, 15) is 4.79 Å². The molecule has 0 aromatic carbocycles. The summed E-state index contributed by atoms with van der Waals surface area (Å²) >= 11 is 0. The summed E-state index contributed by atoms with van der Waals surface area (Å²) in [6, 6.07) is 0.0340. The van der Waals surface area contributed by atoms with Crippen LogP contribution in [0.3, 0.4) is 0 Å². The minimum absolute atomic E-state index is 0.0340. The highest BCUT2D eigenvalue weighted by Crippen LogP contribution is 2.16. The van der Waals surface area contributed by atoms with E-state index in [0.717, 1.165) is 39.1 Å². The van der Waals surface area contributed by atoms with Crippen LogP contribution in [0.25, 0.3) is 0 Å². The Labute approximate surface area is 86.0 Å². The van der Waals surface area contributed by atoms with Gasteiger partial charge in [0.25, 0.3) is 0 Å². The highest BCUT2D eigenvalue weighted by molar-refractivity contribution is 5.82. The van der Waals surface area contributed by atoms with E-state index < -0.39 is 0 Å². The maximum absolute atomic E-state index is 10.8. The second kappa shape index (κ2) is 5.32. The molecule has 0 spiro atoms. The van der Waals surface area contributed by atoms with E-state index in [-0.39, 0.29) is 11.9 Å². The van der Waals surface area contributed by atoms with Crippen molar-refractivity contribution in [3.63, 3.8) is 0 Å². The molecule has 1 aliphatic heterocycles. The van der Waals surface area contributed by atoms with E-state index in [0.29, 0.717) is 0 Å². The number of carbonyl (C=O) groups is 1. The van der Waals surface area contributed by atoms with Gasteiger partial charge in [0.2, 0.25) is 5.91 Å². The standard InChI is InChI=1S/C10H21N3O/c1-3-12(4-2)6-5-7-13-8-9(13)10(11)14/h9H,3-8H2,1-2H3,(H2,11,14). The average molecular weight is 199 g/mol. The van der Waals surface area contributed by atoms with Crippen LogP contribution in [-0.4, -0.2) is 54.5 Å². The van der Waals surface area contributed by atoms with E-state index in [1.54, 1.807) is 0 Å². The van der Waals surface area contributed by atoms with Gasteiger partial charge in [0.1, 0.15) is 6.04 Å². The van der Waals surface area contributed by atoms with Crippen molar-refractivity contribution in [1.82, 2.24) is 9.80 Å². The normalized spacial score (nSPS) is 25.4. The molecule has 1 aliphatic rings. The lowest BCUT2D eigenvalue weighted by atomic mass is 10.3. The molecule has 1 rings (SSSR count). The molecular weight excluding hydrogens is 178 g/mol. The minimum Gasteiger partial charge on any atom is -0.368 e. The first-order chi connectivity index (χ1) is 6.69. The number of amides is 1. The zero-order chi connectivity index (χ0) is 10.6. The first-order valence-corrected chi connectivity index (χ1v) is 5.44. The van der Waals surface area contributed by atoms with E-state index in [1.807, 2.05) is 0 Å². The van der Waals surface area contributed by atoms with Crippen LogP contribution in [0.1, 0.15) is 20.3 Å². The van der Waals surface area contributed by atoms with Crippen LogP contribution in [0.4, 0.5) is 0 Å². The van der Waals surface area contributed by atoms with E-state index >= 15 is 0 Å². The van der Waals surface area contributed by atoms with E-state index in [2.05, 4.69) is 23.6 Å². The van der Waals surface area contributed by atoms with Crippen molar-refractivity contribution in [1.29, 1.82) is 0 Å². The lowest BCUT2D eigenvalue weighted by Crippen LogP contribution is -2.27. The van der Waals surface area contributed by atoms with Crippen LogP contribution < -0.4 is 5.73 Å². The van der Waals surface area contributed by atoms with Crippen molar-refractivity contribution in [3.8, 4) is 0 Å². The molecule has 2 unspecified atom stereocenters. The number of primary amides is 1. The van der Waals surface area contributed by atoms with Gasteiger partial charge in [-0.25, -0.2) is 0 Å². The Morgan fingerprint density at radius 2 is 2.14 bits per heavy atom. The van der Waals surface area contributed by atoms with Crippen molar-refractivity contribution < 1.29 is 4.79 Å². The Hall–Kier alpha value is -0.610. The molecule has 0 aromatic heterocycles. The van der Waals surface area contributed by atoms with E-state index in [4.69, 9.17) is 5.73 Å². The van der Waals surface area contributed by atoms with Gasteiger partial charge in [-0.15, -0.1) is 0 Å². The molecule has 0 aromatic rings. The van der Waals surface area contributed by atoms with Gasteiger partial charge in [0.05, 0.1) is 0 Å². The number of hydrogen-bond donors (Lipinski definition) is 1. The fourth-order valence-electron chi connectivity index (χ4n) is 1.73. The third-order valence-corrected chi connectivity index (χ3v) is 2.86. The monoisotopic (exact) mass is 199 g/mol. The lowest BCUT2D eigenvalue weighted by Gasteiger charge is -2.17. The van der Waals surface area contributed by atoms with Gasteiger partial charge < -0.3 is 10.6 Å². The maximum atomic E-state index is 10.8. The van der Waals surface area contributed by atoms with E-state index in [1.165, 1.54) is 0 Å². The number of nitrogens with two attached hydrogens (primary N) is 1. The van der Waals surface area contributed by atoms with Crippen molar-refractivity contribution in [2.75, 3.05) is 32.7 Å². The summed E-state index contributed by atoms with van der Waals surface area (Å²) in [6.45, 7) is 9.55. The van der Waals surface area contributed by atoms with Crippen LogP contribution >= 0.6 is 0 Å². The fraction of sp³-hybridized carbons (Fsp3) is 0.900. The summed E-state index contributed by atoms with van der Waals surface area (Å²) in [5.74, 6) is -0.173. The first-order valence-electron chi connectivity index (χ1n) is 5.44. The topological polar surface area (TPSA) is 49.3 Å². The predicted octanol–water partition coefficient (Wildman–Crippen LogP) is -0.112. The van der Waals surface area contributed by atoms with Crippen molar-refractivity contribution in [3.05, 3.63) is 0 Å². The molecule has 2 atom stereocenters. The second-order valence-corrected chi connectivity index (χ2v) is 3.79. The van der Waals surface area contributed by atoms with Crippen molar-refractivity contribution in [2.45, 2.75) is 26.3 Å². The Balaban J connectivity index is 2.03. The lowest BCUT2D eigenvalue weighted by molar-refractivity contribution is -0.118. The minimum atomic E-state index is -0.173. The Kier molecular flexibility index (Phi) is 4.35. The average Bonchev–Trinajstić information content (AvgIpc) is 2.92. The molecule has 14 heavy (non-hydrogen) atoms. The van der Waals surface area contributed by atoms with Gasteiger partial charge in [-0.3, -0.25) is 9.69 Å². The summed E-state index contributed by atoms with van der Waals surface area (Å²) in [6.07, 6.45) is 1.13. The van der Waals surface area contributed by atoms with Crippen LogP contribution in [0, 0.1) is 0 Å². The molecule has 0 saturated carbocycles. The highest BCUT2D eigenvalue weighted by Gasteiger charge is 2.37. The Morgan fingerprint density at radius 3 is 2.57 bits per heavy atom. The molecule has 0 bridgehead atoms. The Bertz CT molecular complexity index is 192. The molecule has 1 amide bonds. The van der Waals surface area contributed by atoms with Crippen LogP contribution in [0.5, 0.6) is 0 Å². The van der Waals surface area contributed by atoms with Gasteiger partial charge in [-0.1, -0.05) is 13.8 Å². The second-order valence-electron chi connectivity index (χ2n) is 3.79. The van der Waals surface area contributed by atoms with Gasteiger partial charge in [-0.2, -0.15) is 0 Å². The summed E-state index contributed by atoms with van der Waals surface area (Å²) < 4.78 is 0. The van der Waals surface area contributed by atoms with Crippen LogP contribution in [0.15, 0.2) is 0 Å². The summed E-state index contributed by atoms with van der Waals surface area (Å²) in [7, 11) is 0. The summed E-state index contributed by atoms with van der Waals surface area (Å²) in [5, 5.41) is 0. The third-order valence-electron chi connectivity index (χ3n) is 2.86. The first kappa shape index (κ1) is 11.5. The zero-order valence-electron chi connectivity index (χ0n) is 9.20. The number of hydrogen-bond acceptors (Lipinski definition) is 3. The molecular formula is C10H21N3O.